The van der Waals surface area contributed by atoms with E-state index < -0.39 is 0 Å². The molecule has 0 fully saturated rings. The SMILES string of the molecule is CC(C)c1cnc(Cl)c(-c2cnn(C)c2)c1. The average molecular weight is 236 g/mol. The molecule has 0 atom stereocenters. The number of rotatable bonds is 2. The molecule has 3 nitrogen and oxygen atoms in total. The Labute approximate surface area is 100 Å². The van der Waals surface area contributed by atoms with Gasteiger partial charge in [0, 0.05) is 30.6 Å². The van der Waals surface area contributed by atoms with Crippen LogP contribution in [-0.4, -0.2) is 14.8 Å². The first-order valence-corrected chi connectivity index (χ1v) is 5.60. The summed E-state index contributed by atoms with van der Waals surface area (Å²) in [6.45, 7) is 4.27. The Morgan fingerprint density at radius 3 is 2.62 bits per heavy atom. The molecule has 0 bridgehead atoms. The van der Waals surface area contributed by atoms with E-state index in [1.165, 1.54) is 5.56 Å². The van der Waals surface area contributed by atoms with Gasteiger partial charge >= 0.3 is 0 Å². The van der Waals surface area contributed by atoms with Gasteiger partial charge in [-0.05, 0) is 17.5 Å². The third-order valence-corrected chi connectivity index (χ3v) is 2.84. The van der Waals surface area contributed by atoms with Gasteiger partial charge in [-0.2, -0.15) is 5.10 Å². The summed E-state index contributed by atoms with van der Waals surface area (Å²) >= 11 is 6.10. The average Bonchev–Trinajstić information content (AvgIpc) is 2.65. The molecule has 0 aromatic carbocycles. The topological polar surface area (TPSA) is 30.7 Å². The number of nitrogens with zero attached hydrogens (tertiary/aromatic N) is 3. The summed E-state index contributed by atoms with van der Waals surface area (Å²) in [6, 6.07) is 2.08. The second-order valence-electron chi connectivity index (χ2n) is 4.16. The third kappa shape index (κ3) is 2.09. The van der Waals surface area contributed by atoms with Crippen LogP contribution in [0.5, 0.6) is 0 Å². The number of halogens is 1. The van der Waals surface area contributed by atoms with Crippen LogP contribution >= 0.6 is 11.6 Å². The predicted octanol–water partition coefficient (Wildman–Crippen LogP) is 3.26. The van der Waals surface area contributed by atoms with Gasteiger partial charge < -0.3 is 0 Å². The number of hydrogen-bond donors (Lipinski definition) is 0. The summed E-state index contributed by atoms with van der Waals surface area (Å²) in [5.74, 6) is 0.445. The number of aromatic nitrogens is 3. The van der Waals surface area contributed by atoms with Crippen molar-refractivity contribution in [2.75, 3.05) is 0 Å². The van der Waals surface area contributed by atoms with Crippen molar-refractivity contribution >= 4 is 11.6 Å². The third-order valence-electron chi connectivity index (χ3n) is 2.54. The molecule has 0 aliphatic rings. The first kappa shape index (κ1) is 11.1. The van der Waals surface area contributed by atoms with E-state index >= 15 is 0 Å². The van der Waals surface area contributed by atoms with Crippen molar-refractivity contribution in [1.82, 2.24) is 14.8 Å². The lowest BCUT2D eigenvalue weighted by Crippen LogP contribution is -1.91. The summed E-state index contributed by atoms with van der Waals surface area (Å²) in [5, 5.41) is 4.66. The molecule has 2 heterocycles. The fraction of sp³-hybridized carbons (Fsp3) is 0.333. The lowest BCUT2D eigenvalue weighted by atomic mass is 10.0. The Balaban J connectivity index is 2.51. The second-order valence-corrected chi connectivity index (χ2v) is 4.52. The van der Waals surface area contributed by atoms with Gasteiger partial charge in [0.1, 0.15) is 5.15 Å². The van der Waals surface area contributed by atoms with E-state index in [1.54, 1.807) is 10.9 Å². The van der Waals surface area contributed by atoms with E-state index in [1.807, 2.05) is 19.4 Å². The molecule has 0 radical (unpaired) electrons. The zero-order valence-corrected chi connectivity index (χ0v) is 10.4. The minimum atomic E-state index is 0.445. The van der Waals surface area contributed by atoms with E-state index in [2.05, 4.69) is 30.0 Å². The molecule has 0 saturated carbocycles. The van der Waals surface area contributed by atoms with Gasteiger partial charge in [-0.25, -0.2) is 4.98 Å². The molecular weight excluding hydrogens is 222 g/mol. The number of hydrogen-bond acceptors (Lipinski definition) is 2. The summed E-state index contributed by atoms with van der Waals surface area (Å²) < 4.78 is 1.76. The van der Waals surface area contributed by atoms with Crippen LogP contribution in [0.15, 0.2) is 24.7 Å². The lowest BCUT2D eigenvalue weighted by molar-refractivity contribution is 0.768. The van der Waals surface area contributed by atoms with Crippen molar-refractivity contribution in [1.29, 1.82) is 0 Å². The maximum absolute atomic E-state index is 6.10. The van der Waals surface area contributed by atoms with Gasteiger partial charge in [0.15, 0.2) is 0 Å². The standard InChI is InChI=1S/C12H14ClN3/c1-8(2)9-4-11(12(13)14-5-9)10-6-15-16(3)7-10/h4-8H,1-3H3. The number of aryl methyl sites for hydroxylation is 1. The molecule has 16 heavy (non-hydrogen) atoms. The molecule has 2 rings (SSSR count). The second kappa shape index (κ2) is 4.26. The van der Waals surface area contributed by atoms with E-state index in [-0.39, 0.29) is 0 Å². The van der Waals surface area contributed by atoms with Crippen molar-refractivity contribution in [3.63, 3.8) is 0 Å². The van der Waals surface area contributed by atoms with Crippen molar-refractivity contribution < 1.29 is 0 Å². The number of pyridine rings is 1. The predicted molar refractivity (Wildman–Crippen MR) is 65.5 cm³/mol. The van der Waals surface area contributed by atoms with Gasteiger partial charge in [0.05, 0.1) is 6.20 Å². The van der Waals surface area contributed by atoms with Gasteiger partial charge in [-0.15, -0.1) is 0 Å². The maximum atomic E-state index is 6.10. The summed E-state index contributed by atoms with van der Waals surface area (Å²) in [5.41, 5.74) is 3.13. The Bertz CT molecular complexity index is 503. The Hall–Kier alpha value is -1.35. The molecule has 4 heteroatoms. The Morgan fingerprint density at radius 2 is 2.06 bits per heavy atom. The van der Waals surface area contributed by atoms with E-state index in [0.717, 1.165) is 11.1 Å². The fourth-order valence-electron chi connectivity index (χ4n) is 1.54. The normalized spacial score (nSPS) is 11.1. The highest BCUT2D eigenvalue weighted by atomic mass is 35.5. The first-order valence-electron chi connectivity index (χ1n) is 5.22. The molecule has 0 saturated heterocycles. The molecule has 84 valence electrons. The van der Waals surface area contributed by atoms with Gasteiger partial charge in [-0.1, -0.05) is 25.4 Å². The smallest absolute Gasteiger partial charge is 0.136 e. The molecule has 2 aromatic rings. The van der Waals surface area contributed by atoms with Crippen molar-refractivity contribution in [2.24, 2.45) is 7.05 Å². The minimum Gasteiger partial charge on any atom is -0.275 e. The summed E-state index contributed by atoms with van der Waals surface area (Å²) in [4.78, 5) is 4.21. The molecule has 0 unspecified atom stereocenters. The monoisotopic (exact) mass is 235 g/mol. The van der Waals surface area contributed by atoms with Crippen molar-refractivity contribution in [2.45, 2.75) is 19.8 Å². The van der Waals surface area contributed by atoms with Crippen LogP contribution in [-0.2, 0) is 7.05 Å². The zero-order valence-electron chi connectivity index (χ0n) is 9.61. The lowest BCUT2D eigenvalue weighted by Gasteiger charge is -2.07. The van der Waals surface area contributed by atoms with Gasteiger partial charge in [-0.3, -0.25) is 4.68 Å². The largest absolute Gasteiger partial charge is 0.275 e. The van der Waals surface area contributed by atoms with Crippen molar-refractivity contribution in [3.05, 3.63) is 35.4 Å². The van der Waals surface area contributed by atoms with Gasteiger partial charge in [0.2, 0.25) is 0 Å². The van der Waals surface area contributed by atoms with Crippen LogP contribution in [0.2, 0.25) is 5.15 Å². The van der Waals surface area contributed by atoms with Crippen molar-refractivity contribution in [3.8, 4) is 11.1 Å². The molecule has 0 aliphatic heterocycles. The first-order chi connectivity index (χ1) is 7.58. The molecule has 0 aliphatic carbocycles. The zero-order chi connectivity index (χ0) is 11.7. The molecule has 2 aromatic heterocycles. The molecule has 0 amide bonds. The van der Waals surface area contributed by atoms with Gasteiger partial charge in [0.25, 0.3) is 0 Å². The Kier molecular flexibility index (Phi) is 2.97. The van der Waals surface area contributed by atoms with Crippen LogP contribution in [0.3, 0.4) is 0 Å². The van der Waals surface area contributed by atoms with Crippen LogP contribution in [0.4, 0.5) is 0 Å². The minimum absolute atomic E-state index is 0.445. The van der Waals surface area contributed by atoms with E-state index in [0.29, 0.717) is 11.1 Å². The van der Waals surface area contributed by atoms with E-state index in [9.17, 15) is 0 Å². The highest BCUT2D eigenvalue weighted by Gasteiger charge is 2.09. The highest BCUT2D eigenvalue weighted by molar-refractivity contribution is 6.32. The molecule has 0 N–H and O–H groups in total. The summed E-state index contributed by atoms with van der Waals surface area (Å²) in [7, 11) is 1.89. The van der Waals surface area contributed by atoms with Crippen LogP contribution in [0, 0.1) is 0 Å². The van der Waals surface area contributed by atoms with Crippen LogP contribution in [0.25, 0.3) is 11.1 Å². The molecule has 0 spiro atoms. The fourth-order valence-corrected chi connectivity index (χ4v) is 1.76. The highest BCUT2D eigenvalue weighted by Crippen LogP contribution is 2.28. The molecular formula is C12H14ClN3. The van der Waals surface area contributed by atoms with E-state index in [4.69, 9.17) is 11.6 Å². The Morgan fingerprint density at radius 1 is 1.31 bits per heavy atom. The van der Waals surface area contributed by atoms with Crippen LogP contribution < -0.4 is 0 Å². The van der Waals surface area contributed by atoms with Crippen LogP contribution in [0.1, 0.15) is 25.3 Å². The quantitative estimate of drug-likeness (QED) is 0.748. The maximum Gasteiger partial charge on any atom is 0.136 e. The summed E-state index contributed by atoms with van der Waals surface area (Å²) in [6.07, 6.45) is 5.56.